The van der Waals surface area contributed by atoms with Crippen LogP contribution in [0.5, 0.6) is 0 Å². The van der Waals surface area contributed by atoms with Gasteiger partial charge in [-0.3, -0.25) is 0 Å². The van der Waals surface area contributed by atoms with Crippen LogP contribution >= 0.6 is 24.0 Å². The highest BCUT2D eigenvalue weighted by Crippen LogP contribution is 2.24. The third-order valence-corrected chi connectivity index (χ3v) is 3.74. The second kappa shape index (κ2) is 5.01. The number of benzene rings is 1. The molecule has 0 aliphatic carbocycles. The van der Waals surface area contributed by atoms with E-state index < -0.39 is 0 Å². The normalized spacial score (nSPS) is 16.2. The van der Waals surface area contributed by atoms with Gasteiger partial charge in [0, 0.05) is 35.8 Å². The summed E-state index contributed by atoms with van der Waals surface area (Å²) in [4.78, 5) is 2.47. The summed E-state index contributed by atoms with van der Waals surface area (Å²) in [7, 11) is 0. The van der Waals surface area contributed by atoms with E-state index in [0.29, 0.717) is 5.56 Å². The largest absolute Gasteiger partial charge is 0.389 e. The Morgan fingerprint density at radius 3 is 2.69 bits per heavy atom. The van der Waals surface area contributed by atoms with Crippen molar-refractivity contribution < 1.29 is 4.39 Å². The first-order chi connectivity index (χ1) is 7.68. The van der Waals surface area contributed by atoms with Crippen molar-refractivity contribution in [2.75, 3.05) is 29.5 Å². The summed E-state index contributed by atoms with van der Waals surface area (Å²) in [6, 6.07) is 4.64. The molecule has 2 rings (SSSR count). The maximum Gasteiger partial charge on any atom is 0.124 e. The van der Waals surface area contributed by atoms with Gasteiger partial charge < -0.3 is 10.6 Å². The van der Waals surface area contributed by atoms with Crippen molar-refractivity contribution in [3.63, 3.8) is 0 Å². The van der Waals surface area contributed by atoms with Gasteiger partial charge in [-0.15, -0.1) is 0 Å². The Balaban J connectivity index is 2.34. The SMILES string of the molecule is NC(=S)c1cc(F)ccc1N1CCSCC1. The lowest BCUT2D eigenvalue weighted by atomic mass is 10.1. The second-order valence-corrected chi connectivity index (χ2v) is 5.29. The molecule has 0 bridgehead atoms. The number of halogens is 1. The van der Waals surface area contributed by atoms with E-state index in [1.165, 1.54) is 12.1 Å². The number of thioether (sulfide) groups is 1. The third-order valence-electron chi connectivity index (χ3n) is 2.58. The van der Waals surface area contributed by atoms with Crippen LogP contribution in [-0.4, -0.2) is 29.6 Å². The lowest BCUT2D eigenvalue weighted by Gasteiger charge is -2.30. The Hall–Kier alpha value is -0.810. The highest BCUT2D eigenvalue weighted by Gasteiger charge is 2.16. The summed E-state index contributed by atoms with van der Waals surface area (Å²) in [5, 5.41) is 0. The summed E-state index contributed by atoms with van der Waals surface area (Å²) in [6.45, 7) is 1.93. The molecule has 0 saturated carbocycles. The molecule has 1 aliphatic rings. The number of thiocarbonyl (C=S) groups is 1. The maximum atomic E-state index is 13.1. The van der Waals surface area contributed by atoms with Gasteiger partial charge in [-0.05, 0) is 18.2 Å². The van der Waals surface area contributed by atoms with E-state index in [1.54, 1.807) is 6.07 Å². The highest BCUT2D eigenvalue weighted by molar-refractivity contribution is 7.99. The first-order valence-electron chi connectivity index (χ1n) is 5.10. The molecule has 5 heteroatoms. The Labute approximate surface area is 104 Å². The Bertz CT molecular complexity index is 403. The molecule has 1 saturated heterocycles. The van der Waals surface area contributed by atoms with Gasteiger partial charge in [0.2, 0.25) is 0 Å². The van der Waals surface area contributed by atoms with Gasteiger partial charge in [-0.1, -0.05) is 12.2 Å². The standard InChI is InChI=1S/C11H13FN2S2/c12-8-1-2-10(9(7-8)11(13)15)14-3-5-16-6-4-14/h1-2,7H,3-6H2,(H2,13,15). The monoisotopic (exact) mass is 256 g/mol. The molecule has 0 radical (unpaired) electrons. The summed E-state index contributed by atoms with van der Waals surface area (Å²) < 4.78 is 13.1. The fourth-order valence-corrected chi connectivity index (χ4v) is 2.85. The summed E-state index contributed by atoms with van der Waals surface area (Å²) in [5.74, 6) is 1.89. The van der Waals surface area contributed by atoms with Gasteiger partial charge >= 0.3 is 0 Å². The molecule has 0 unspecified atom stereocenters. The van der Waals surface area contributed by atoms with E-state index in [-0.39, 0.29) is 10.8 Å². The molecule has 86 valence electrons. The van der Waals surface area contributed by atoms with Gasteiger partial charge in [-0.2, -0.15) is 11.8 Å². The summed E-state index contributed by atoms with van der Waals surface area (Å²) in [5.41, 5.74) is 7.22. The first-order valence-corrected chi connectivity index (χ1v) is 6.67. The zero-order valence-corrected chi connectivity index (χ0v) is 10.4. The Kier molecular flexibility index (Phi) is 3.66. The number of anilines is 1. The first kappa shape index (κ1) is 11.7. The zero-order chi connectivity index (χ0) is 11.5. The average Bonchev–Trinajstić information content (AvgIpc) is 2.30. The molecule has 2 N–H and O–H groups in total. The third kappa shape index (κ3) is 2.47. The van der Waals surface area contributed by atoms with Crippen LogP contribution in [0, 0.1) is 5.82 Å². The fourth-order valence-electron chi connectivity index (χ4n) is 1.79. The Morgan fingerprint density at radius 2 is 2.06 bits per heavy atom. The highest BCUT2D eigenvalue weighted by atomic mass is 32.2. The quantitative estimate of drug-likeness (QED) is 0.820. The predicted molar refractivity (Wildman–Crippen MR) is 71.8 cm³/mol. The Morgan fingerprint density at radius 1 is 1.38 bits per heavy atom. The van der Waals surface area contributed by atoms with Gasteiger partial charge in [0.1, 0.15) is 10.8 Å². The van der Waals surface area contributed by atoms with Crippen molar-refractivity contribution in [1.29, 1.82) is 0 Å². The molecule has 1 heterocycles. The molecule has 1 fully saturated rings. The molecule has 0 atom stereocenters. The van der Waals surface area contributed by atoms with Gasteiger partial charge in [0.25, 0.3) is 0 Å². The van der Waals surface area contributed by atoms with Crippen LogP contribution in [0.1, 0.15) is 5.56 Å². The molecule has 1 aliphatic heterocycles. The number of rotatable bonds is 2. The zero-order valence-electron chi connectivity index (χ0n) is 8.78. The van der Waals surface area contributed by atoms with Gasteiger partial charge in [-0.25, -0.2) is 4.39 Å². The van der Waals surface area contributed by atoms with Gasteiger partial charge in [0.15, 0.2) is 0 Å². The number of hydrogen-bond acceptors (Lipinski definition) is 3. The van der Waals surface area contributed by atoms with Crippen molar-refractivity contribution in [2.45, 2.75) is 0 Å². The lowest BCUT2D eigenvalue weighted by molar-refractivity contribution is 0.627. The minimum absolute atomic E-state index is 0.257. The van der Waals surface area contributed by atoms with E-state index in [1.807, 2.05) is 11.8 Å². The molecular formula is C11H13FN2S2. The van der Waals surface area contributed by atoms with Crippen LogP contribution in [0.2, 0.25) is 0 Å². The number of nitrogens with two attached hydrogens (primary N) is 1. The molecule has 2 nitrogen and oxygen atoms in total. The predicted octanol–water partition coefficient (Wildman–Crippen LogP) is 2.01. The van der Waals surface area contributed by atoms with E-state index in [0.717, 1.165) is 30.3 Å². The van der Waals surface area contributed by atoms with Crippen LogP contribution in [0.15, 0.2) is 18.2 Å². The van der Waals surface area contributed by atoms with E-state index in [9.17, 15) is 4.39 Å². The molecule has 0 spiro atoms. The molecular weight excluding hydrogens is 243 g/mol. The van der Waals surface area contributed by atoms with Crippen molar-refractivity contribution in [3.05, 3.63) is 29.6 Å². The van der Waals surface area contributed by atoms with Crippen LogP contribution in [0.3, 0.4) is 0 Å². The fraction of sp³-hybridized carbons (Fsp3) is 0.364. The van der Waals surface area contributed by atoms with Crippen LogP contribution in [0.4, 0.5) is 10.1 Å². The summed E-state index contributed by atoms with van der Waals surface area (Å²) in [6.07, 6.45) is 0. The topological polar surface area (TPSA) is 29.3 Å². The lowest BCUT2D eigenvalue weighted by Crippen LogP contribution is -2.34. The second-order valence-electron chi connectivity index (χ2n) is 3.63. The van der Waals surface area contributed by atoms with Crippen molar-refractivity contribution in [1.82, 2.24) is 0 Å². The smallest absolute Gasteiger partial charge is 0.124 e. The minimum Gasteiger partial charge on any atom is -0.389 e. The summed E-state index contributed by atoms with van der Waals surface area (Å²) >= 11 is 6.89. The molecule has 0 amide bonds. The van der Waals surface area contributed by atoms with E-state index in [4.69, 9.17) is 18.0 Å². The minimum atomic E-state index is -0.294. The molecule has 1 aromatic carbocycles. The van der Waals surface area contributed by atoms with Crippen molar-refractivity contribution in [2.24, 2.45) is 5.73 Å². The maximum absolute atomic E-state index is 13.1. The van der Waals surface area contributed by atoms with Crippen LogP contribution in [0.25, 0.3) is 0 Å². The molecule has 16 heavy (non-hydrogen) atoms. The van der Waals surface area contributed by atoms with E-state index in [2.05, 4.69) is 4.90 Å². The molecule has 0 aromatic heterocycles. The average molecular weight is 256 g/mol. The van der Waals surface area contributed by atoms with Crippen LogP contribution < -0.4 is 10.6 Å². The van der Waals surface area contributed by atoms with Crippen molar-refractivity contribution >= 4 is 34.7 Å². The van der Waals surface area contributed by atoms with E-state index >= 15 is 0 Å². The number of hydrogen-bond donors (Lipinski definition) is 1. The van der Waals surface area contributed by atoms with Crippen LogP contribution in [-0.2, 0) is 0 Å². The number of nitrogens with zero attached hydrogens (tertiary/aromatic N) is 1. The van der Waals surface area contributed by atoms with Crippen molar-refractivity contribution in [3.8, 4) is 0 Å². The van der Waals surface area contributed by atoms with Gasteiger partial charge in [0.05, 0.1) is 0 Å². The molecule has 1 aromatic rings.